The number of anilines is 1. The zero-order chi connectivity index (χ0) is 18.1. The lowest BCUT2D eigenvalue weighted by molar-refractivity contribution is -0.115. The molecule has 0 aliphatic carbocycles. The predicted octanol–water partition coefficient (Wildman–Crippen LogP) is 5.73. The van der Waals surface area contributed by atoms with E-state index >= 15 is 0 Å². The number of nitrogens with zero attached hydrogens (tertiary/aromatic N) is 2. The summed E-state index contributed by atoms with van der Waals surface area (Å²) in [6, 6.07) is 4.97. The lowest BCUT2D eigenvalue weighted by Crippen LogP contribution is -2.22. The molecule has 0 fully saturated rings. The monoisotopic (exact) mass is 411 g/mol. The predicted molar refractivity (Wildman–Crippen MR) is 107 cm³/mol. The lowest BCUT2D eigenvalue weighted by Gasteiger charge is -2.13. The molecular weight excluding hydrogens is 397 g/mol. The number of carbonyl (C=O) groups excluding carboxylic acids is 1. The topological polar surface area (TPSA) is 54.9 Å². The molecule has 1 unspecified atom stereocenters. The van der Waals surface area contributed by atoms with Crippen molar-refractivity contribution in [1.29, 1.82) is 0 Å². The molecular formula is C17H15Cl2N3OS2. The van der Waals surface area contributed by atoms with E-state index in [1.54, 1.807) is 35.9 Å². The van der Waals surface area contributed by atoms with Gasteiger partial charge in [-0.15, -0.1) is 11.3 Å². The average Bonchev–Trinajstić information content (AvgIpc) is 2.86. The van der Waals surface area contributed by atoms with Gasteiger partial charge >= 0.3 is 0 Å². The van der Waals surface area contributed by atoms with E-state index in [0.29, 0.717) is 15.7 Å². The van der Waals surface area contributed by atoms with Crippen LogP contribution in [0.25, 0.3) is 10.2 Å². The summed E-state index contributed by atoms with van der Waals surface area (Å²) in [4.78, 5) is 23.4. The molecule has 130 valence electrons. The maximum atomic E-state index is 12.5. The summed E-state index contributed by atoms with van der Waals surface area (Å²) in [5.41, 5.74) is 1.66. The maximum Gasteiger partial charge on any atom is 0.237 e. The number of halogens is 2. The van der Waals surface area contributed by atoms with Crippen LogP contribution in [0.5, 0.6) is 0 Å². The second-order valence-electron chi connectivity index (χ2n) is 5.52. The Morgan fingerprint density at radius 1 is 1.28 bits per heavy atom. The van der Waals surface area contributed by atoms with Gasteiger partial charge in [0.1, 0.15) is 16.2 Å². The summed E-state index contributed by atoms with van der Waals surface area (Å²) in [7, 11) is 0. The molecule has 3 rings (SSSR count). The van der Waals surface area contributed by atoms with E-state index in [0.717, 1.165) is 20.8 Å². The minimum Gasteiger partial charge on any atom is -0.324 e. The molecule has 0 bridgehead atoms. The van der Waals surface area contributed by atoms with Crippen LogP contribution in [0.1, 0.15) is 17.4 Å². The van der Waals surface area contributed by atoms with E-state index in [-0.39, 0.29) is 11.2 Å². The molecule has 0 saturated heterocycles. The molecule has 0 aliphatic rings. The van der Waals surface area contributed by atoms with E-state index in [2.05, 4.69) is 29.1 Å². The maximum absolute atomic E-state index is 12.5. The number of hydrogen-bond acceptors (Lipinski definition) is 5. The molecule has 4 nitrogen and oxygen atoms in total. The summed E-state index contributed by atoms with van der Waals surface area (Å²) < 4.78 is 0. The van der Waals surface area contributed by atoms with Gasteiger partial charge < -0.3 is 5.32 Å². The van der Waals surface area contributed by atoms with Crippen LogP contribution in [0.15, 0.2) is 29.6 Å². The second kappa shape index (κ2) is 7.50. The minimum atomic E-state index is -0.354. The van der Waals surface area contributed by atoms with Gasteiger partial charge in [-0.05, 0) is 44.5 Å². The summed E-state index contributed by atoms with van der Waals surface area (Å²) in [6.45, 7) is 5.95. The molecule has 0 aliphatic heterocycles. The fourth-order valence-electron chi connectivity index (χ4n) is 2.29. The largest absolute Gasteiger partial charge is 0.324 e. The van der Waals surface area contributed by atoms with Crippen LogP contribution in [-0.4, -0.2) is 21.1 Å². The summed E-state index contributed by atoms with van der Waals surface area (Å²) in [5.74, 6) is -0.162. The fourth-order valence-corrected chi connectivity index (χ4v) is 4.66. The van der Waals surface area contributed by atoms with Crippen LogP contribution in [0.3, 0.4) is 0 Å². The molecule has 3 aromatic rings. The van der Waals surface area contributed by atoms with Crippen molar-refractivity contribution in [3.8, 4) is 0 Å². The SMILES string of the molecule is Cc1sc2ncnc(SC(C)C(=O)Nc3cc(Cl)ccc3Cl)c2c1C. The van der Waals surface area contributed by atoms with Gasteiger partial charge in [-0.3, -0.25) is 4.79 Å². The Bertz CT molecular complexity index is 958. The third kappa shape index (κ3) is 3.92. The smallest absolute Gasteiger partial charge is 0.237 e. The Hall–Kier alpha value is -1.34. The Morgan fingerprint density at radius 3 is 2.80 bits per heavy atom. The molecule has 1 amide bonds. The third-order valence-electron chi connectivity index (χ3n) is 3.77. The van der Waals surface area contributed by atoms with E-state index < -0.39 is 0 Å². The zero-order valence-corrected chi connectivity index (χ0v) is 16.9. The molecule has 25 heavy (non-hydrogen) atoms. The number of carbonyl (C=O) groups is 1. The van der Waals surface area contributed by atoms with E-state index in [4.69, 9.17) is 23.2 Å². The first kappa shape index (κ1) is 18.5. The number of benzene rings is 1. The molecule has 0 spiro atoms. The van der Waals surface area contributed by atoms with Crippen molar-refractivity contribution in [2.45, 2.75) is 31.0 Å². The van der Waals surface area contributed by atoms with Gasteiger partial charge in [-0.2, -0.15) is 0 Å². The molecule has 0 radical (unpaired) electrons. The van der Waals surface area contributed by atoms with Crippen molar-refractivity contribution in [2.24, 2.45) is 0 Å². The standard InChI is InChI=1S/C17H15Cl2N3OS2/c1-8-9(2)24-16-14(8)17(21-7-20-16)25-10(3)15(23)22-13-6-11(18)4-5-12(13)19/h4-7,10H,1-3H3,(H,22,23). The zero-order valence-electron chi connectivity index (χ0n) is 13.8. The van der Waals surface area contributed by atoms with Crippen molar-refractivity contribution >= 4 is 68.1 Å². The highest BCUT2D eigenvalue weighted by Gasteiger charge is 2.20. The van der Waals surface area contributed by atoms with E-state index in [1.165, 1.54) is 16.6 Å². The van der Waals surface area contributed by atoms with Gasteiger partial charge in [0.2, 0.25) is 5.91 Å². The highest BCUT2D eigenvalue weighted by molar-refractivity contribution is 8.00. The van der Waals surface area contributed by atoms with Crippen molar-refractivity contribution in [1.82, 2.24) is 9.97 Å². The number of aryl methyl sites for hydroxylation is 2. The molecule has 8 heteroatoms. The van der Waals surface area contributed by atoms with E-state index in [1.807, 2.05) is 6.92 Å². The van der Waals surface area contributed by atoms with Crippen LogP contribution in [0, 0.1) is 13.8 Å². The van der Waals surface area contributed by atoms with Crippen LogP contribution in [-0.2, 0) is 4.79 Å². The van der Waals surface area contributed by atoms with Gasteiger partial charge in [0, 0.05) is 15.3 Å². The second-order valence-corrected chi connectivity index (χ2v) is 8.89. The summed E-state index contributed by atoms with van der Waals surface area (Å²) >= 11 is 15.1. The van der Waals surface area contributed by atoms with Gasteiger partial charge in [0.05, 0.1) is 16.0 Å². The number of nitrogens with one attached hydrogen (secondary N) is 1. The number of thioether (sulfide) groups is 1. The van der Waals surface area contributed by atoms with Gasteiger partial charge in [-0.1, -0.05) is 35.0 Å². The summed E-state index contributed by atoms with van der Waals surface area (Å²) in [5, 5.41) is 5.27. The average molecular weight is 412 g/mol. The summed E-state index contributed by atoms with van der Waals surface area (Å²) in [6.07, 6.45) is 1.54. The molecule has 2 aromatic heterocycles. The van der Waals surface area contributed by atoms with Crippen molar-refractivity contribution in [3.05, 3.63) is 45.0 Å². The van der Waals surface area contributed by atoms with Crippen LogP contribution >= 0.6 is 46.3 Å². The number of aromatic nitrogens is 2. The fraction of sp³-hybridized carbons (Fsp3) is 0.235. The van der Waals surface area contributed by atoms with Gasteiger partial charge in [0.15, 0.2) is 0 Å². The molecule has 1 atom stereocenters. The quantitative estimate of drug-likeness (QED) is 0.439. The number of fused-ring (bicyclic) bond motifs is 1. The number of rotatable bonds is 4. The normalized spacial score (nSPS) is 12.4. The van der Waals surface area contributed by atoms with Crippen LogP contribution < -0.4 is 5.32 Å². The van der Waals surface area contributed by atoms with Crippen molar-refractivity contribution < 1.29 is 4.79 Å². The first-order valence-electron chi connectivity index (χ1n) is 7.50. The minimum absolute atomic E-state index is 0.162. The van der Waals surface area contributed by atoms with Gasteiger partial charge in [-0.25, -0.2) is 9.97 Å². The van der Waals surface area contributed by atoms with Crippen LogP contribution in [0.2, 0.25) is 10.0 Å². The Labute approximate surface area is 164 Å². The highest BCUT2D eigenvalue weighted by Crippen LogP contribution is 2.36. The first-order chi connectivity index (χ1) is 11.9. The molecule has 1 N–H and O–H groups in total. The molecule has 2 heterocycles. The Balaban J connectivity index is 1.81. The molecule has 0 saturated carbocycles. The molecule has 1 aromatic carbocycles. The highest BCUT2D eigenvalue weighted by atomic mass is 35.5. The third-order valence-corrected chi connectivity index (χ3v) is 6.55. The number of amides is 1. The van der Waals surface area contributed by atoms with Crippen molar-refractivity contribution in [2.75, 3.05) is 5.32 Å². The van der Waals surface area contributed by atoms with E-state index in [9.17, 15) is 4.79 Å². The lowest BCUT2D eigenvalue weighted by atomic mass is 10.2. The Kier molecular flexibility index (Phi) is 5.53. The Morgan fingerprint density at radius 2 is 2.04 bits per heavy atom. The first-order valence-corrected chi connectivity index (χ1v) is 9.95. The van der Waals surface area contributed by atoms with Gasteiger partial charge in [0.25, 0.3) is 0 Å². The van der Waals surface area contributed by atoms with Crippen molar-refractivity contribution in [3.63, 3.8) is 0 Å². The van der Waals surface area contributed by atoms with Crippen LogP contribution in [0.4, 0.5) is 5.69 Å². The number of hydrogen-bond donors (Lipinski definition) is 1. The number of thiophene rings is 1.